The van der Waals surface area contributed by atoms with Crippen LogP contribution in [0.5, 0.6) is 0 Å². The highest BCUT2D eigenvalue weighted by Crippen LogP contribution is 2.22. The summed E-state index contributed by atoms with van der Waals surface area (Å²) in [6, 6.07) is 11.2. The molecule has 0 aliphatic rings. The van der Waals surface area contributed by atoms with Gasteiger partial charge in [-0.05, 0) is 40.3 Å². The fraction of sp³-hybridized carbons (Fsp3) is 0.0714. The van der Waals surface area contributed by atoms with E-state index in [4.69, 9.17) is 4.74 Å². The number of carbonyl (C=O) groups is 1. The van der Waals surface area contributed by atoms with Crippen LogP contribution >= 0.6 is 22.6 Å². The van der Waals surface area contributed by atoms with E-state index in [1.165, 1.54) is 0 Å². The van der Waals surface area contributed by atoms with Gasteiger partial charge >= 0.3 is 6.09 Å². The van der Waals surface area contributed by atoms with Crippen LogP contribution in [0.2, 0.25) is 0 Å². The second kappa shape index (κ2) is 6.65. The van der Waals surface area contributed by atoms with E-state index >= 15 is 0 Å². The summed E-state index contributed by atoms with van der Waals surface area (Å²) < 4.78 is 32.3. The van der Waals surface area contributed by atoms with Gasteiger partial charge in [0.15, 0.2) is 11.6 Å². The number of carbonyl (C=O) groups excluding carboxylic acids is 1. The molecule has 3 nitrogen and oxygen atoms in total. The van der Waals surface area contributed by atoms with Gasteiger partial charge in [0.05, 0.1) is 0 Å². The number of hydrogen-bond acceptors (Lipinski definition) is 2. The molecular weight excluding hydrogens is 379 g/mol. The zero-order valence-electron chi connectivity index (χ0n) is 10.2. The number of hydrogen-bond donors (Lipinski definition) is 1. The smallest absolute Gasteiger partial charge is 0.412 e. The fourth-order valence-corrected chi connectivity index (χ4v) is 2.07. The predicted octanol–water partition coefficient (Wildman–Crippen LogP) is 4.32. The predicted molar refractivity (Wildman–Crippen MR) is 79.3 cm³/mol. The van der Waals surface area contributed by atoms with Crippen LogP contribution in [0.4, 0.5) is 19.3 Å². The van der Waals surface area contributed by atoms with E-state index < -0.39 is 23.4 Å². The SMILES string of the molecule is O=C(Nc1c(F)cc(I)cc1F)OCc1ccccc1. The van der Waals surface area contributed by atoms with Gasteiger partial charge in [-0.25, -0.2) is 13.6 Å². The van der Waals surface area contributed by atoms with E-state index in [0.29, 0.717) is 3.57 Å². The Morgan fingerprint density at radius 2 is 1.75 bits per heavy atom. The van der Waals surface area contributed by atoms with Crippen LogP contribution in [0.3, 0.4) is 0 Å². The van der Waals surface area contributed by atoms with Crippen LogP contribution in [-0.4, -0.2) is 6.09 Å². The van der Waals surface area contributed by atoms with Crippen molar-refractivity contribution >= 4 is 34.4 Å². The number of anilines is 1. The Balaban J connectivity index is 1.98. The molecule has 0 atom stereocenters. The quantitative estimate of drug-likeness (QED) is 0.795. The molecule has 0 saturated carbocycles. The first-order valence-corrected chi connectivity index (χ1v) is 6.76. The van der Waals surface area contributed by atoms with E-state index in [-0.39, 0.29) is 6.61 Å². The Bertz CT molecular complexity index is 597. The topological polar surface area (TPSA) is 38.3 Å². The molecular formula is C14H10F2INO2. The van der Waals surface area contributed by atoms with Crippen LogP contribution in [0.15, 0.2) is 42.5 Å². The summed E-state index contributed by atoms with van der Waals surface area (Å²) in [5.74, 6) is -1.68. The first-order chi connectivity index (χ1) is 9.56. The second-order valence-electron chi connectivity index (χ2n) is 3.93. The summed E-state index contributed by atoms with van der Waals surface area (Å²) in [6.45, 7) is 0.0281. The molecule has 0 aromatic heterocycles. The molecule has 20 heavy (non-hydrogen) atoms. The van der Waals surface area contributed by atoms with Gasteiger partial charge < -0.3 is 4.74 Å². The molecule has 2 rings (SSSR count). The molecule has 0 fully saturated rings. The van der Waals surface area contributed by atoms with Crippen LogP contribution in [-0.2, 0) is 11.3 Å². The number of rotatable bonds is 3. The first kappa shape index (κ1) is 14.7. The molecule has 6 heteroatoms. The molecule has 1 amide bonds. The Morgan fingerprint density at radius 3 is 2.35 bits per heavy atom. The van der Waals surface area contributed by atoms with E-state index in [2.05, 4.69) is 5.32 Å². The molecule has 0 spiro atoms. The third kappa shape index (κ3) is 3.89. The average molecular weight is 389 g/mol. The highest BCUT2D eigenvalue weighted by Gasteiger charge is 2.14. The molecule has 0 bridgehead atoms. The Kier molecular flexibility index (Phi) is 4.89. The highest BCUT2D eigenvalue weighted by molar-refractivity contribution is 14.1. The third-order valence-electron chi connectivity index (χ3n) is 2.45. The van der Waals surface area contributed by atoms with Gasteiger partial charge in [-0.2, -0.15) is 0 Å². The lowest BCUT2D eigenvalue weighted by Gasteiger charge is -2.09. The van der Waals surface area contributed by atoms with Gasteiger partial charge in [-0.15, -0.1) is 0 Å². The second-order valence-corrected chi connectivity index (χ2v) is 5.18. The monoisotopic (exact) mass is 389 g/mol. The molecule has 0 unspecified atom stereocenters. The lowest BCUT2D eigenvalue weighted by atomic mass is 10.2. The minimum atomic E-state index is -0.909. The summed E-state index contributed by atoms with van der Waals surface area (Å²) in [4.78, 5) is 11.5. The molecule has 0 radical (unpaired) electrons. The molecule has 2 aromatic carbocycles. The third-order valence-corrected chi connectivity index (χ3v) is 3.07. The van der Waals surface area contributed by atoms with Crippen LogP contribution in [0, 0.1) is 15.2 Å². The van der Waals surface area contributed by atoms with E-state index in [1.54, 1.807) is 46.9 Å². The number of ether oxygens (including phenoxy) is 1. The number of halogens is 3. The lowest BCUT2D eigenvalue weighted by Crippen LogP contribution is -2.15. The van der Waals surface area contributed by atoms with Crippen LogP contribution in [0.25, 0.3) is 0 Å². The minimum Gasteiger partial charge on any atom is -0.444 e. The fourth-order valence-electron chi connectivity index (χ4n) is 1.52. The zero-order valence-corrected chi connectivity index (χ0v) is 12.4. The summed E-state index contributed by atoms with van der Waals surface area (Å²) in [6.07, 6.45) is -0.909. The van der Waals surface area contributed by atoms with Gasteiger partial charge in [0, 0.05) is 3.57 Å². The average Bonchev–Trinajstić information content (AvgIpc) is 2.42. The van der Waals surface area contributed by atoms with Crippen molar-refractivity contribution < 1.29 is 18.3 Å². The summed E-state index contributed by atoms with van der Waals surface area (Å²) in [5.41, 5.74) is 0.273. The van der Waals surface area contributed by atoms with Gasteiger partial charge in [0.25, 0.3) is 0 Å². The number of nitrogens with one attached hydrogen (secondary N) is 1. The van der Waals surface area contributed by atoms with Crippen molar-refractivity contribution in [3.05, 3.63) is 63.2 Å². The Hall–Kier alpha value is -1.70. The zero-order chi connectivity index (χ0) is 14.5. The van der Waals surface area contributed by atoms with E-state index in [0.717, 1.165) is 17.7 Å². The highest BCUT2D eigenvalue weighted by atomic mass is 127. The standard InChI is InChI=1S/C14H10F2INO2/c15-11-6-10(17)7-12(16)13(11)18-14(19)20-8-9-4-2-1-3-5-9/h1-7H,8H2,(H,18,19). The van der Waals surface area contributed by atoms with Crippen molar-refractivity contribution in [3.63, 3.8) is 0 Å². The molecule has 1 N–H and O–H groups in total. The molecule has 0 aliphatic heterocycles. The molecule has 0 saturated heterocycles. The van der Waals surface area contributed by atoms with Gasteiger partial charge in [-0.1, -0.05) is 30.3 Å². The summed E-state index contributed by atoms with van der Waals surface area (Å²) in [5, 5.41) is 2.06. The van der Waals surface area contributed by atoms with Gasteiger partial charge in [0.1, 0.15) is 12.3 Å². The number of benzene rings is 2. The van der Waals surface area contributed by atoms with Gasteiger partial charge in [0.2, 0.25) is 0 Å². The van der Waals surface area contributed by atoms with E-state index in [1.807, 2.05) is 6.07 Å². The molecule has 0 aliphatic carbocycles. The van der Waals surface area contributed by atoms with Crippen LogP contribution < -0.4 is 5.32 Å². The van der Waals surface area contributed by atoms with Crippen LogP contribution in [0.1, 0.15) is 5.56 Å². The minimum absolute atomic E-state index is 0.0281. The normalized spacial score (nSPS) is 10.2. The van der Waals surface area contributed by atoms with Crippen molar-refractivity contribution in [3.8, 4) is 0 Å². The lowest BCUT2D eigenvalue weighted by molar-refractivity contribution is 0.155. The van der Waals surface area contributed by atoms with E-state index in [9.17, 15) is 13.6 Å². The maximum absolute atomic E-state index is 13.5. The number of amides is 1. The molecule has 0 heterocycles. The summed E-state index contributed by atoms with van der Waals surface area (Å²) in [7, 11) is 0. The van der Waals surface area contributed by atoms with Crippen molar-refractivity contribution in [2.75, 3.05) is 5.32 Å². The largest absolute Gasteiger partial charge is 0.444 e. The maximum atomic E-state index is 13.5. The molecule has 104 valence electrons. The van der Waals surface area contributed by atoms with Gasteiger partial charge in [-0.3, -0.25) is 5.32 Å². The Morgan fingerprint density at radius 1 is 1.15 bits per heavy atom. The van der Waals surface area contributed by atoms with Crippen molar-refractivity contribution in [2.24, 2.45) is 0 Å². The maximum Gasteiger partial charge on any atom is 0.412 e. The van der Waals surface area contributed by atoms with Crippen molar-refractivity contribution in [2.45, 2.75) is 6.61 Å². The summed E-state index contributed by atoms with van der Waals surface area (Å²) >= 11 is 1.78. The Labute approximate surface area is 128 Å². The first-order valence-electron chi connectivity index (χ1n) is 5.68. The van der Waals surface area contributed by atoms with Crippen molar-refractivity contribution in [1.82, 2.24) is 0 Å². The molecule has 2 aromatic rings. The van der Waals surface area contributed by atoms with Crippen molar-refractivity contribution in [1.29, 1.82) is 0 Å².